The van der Waals surface area contributed by atoms with Gasteiger partial charge < -0.3 is 36.6 Å². The maximum absolute atomic E-state index is 12.3. The van der Waals surface area contributed by atoms with Crippen molar-refractivity contribution in [3.05, 3.63) is 0 Å². The molecule has 1 aliphatic rings. The first kappa shape index (κ1) is 37.6. The Kier molecular flexibility index (Phi) is 20.2. The largest absolute Gasteiger partial charge is 0.481 e. The number of rotatable bonds is 20. The Morgan fingerprint density at radius 1 is 0.581 bits per heavy atom. The number of carbonyl (C=O) groups excluding carboxylic acids is 3. The summed E-state index contributed by atoms with van der Waals surface area (Å²) in [5.41, 5.74) is 0. The second-order valence-corrected chi connectivity index (χ2v) is 11.4. The number of carboxylic acids is 3. The van der Waals surface area contributed by atoms with Gasteiger partial charge in [0.05, 0.1) is 0 Å². The molecule has 0 aromatic rings. The maximum Gasteiger partial charge on any atom is 0.326 e. The van der Waals surface area contributed by atoms with Crippen LogP contribution in [0.5, 0.6) is 0 Å². The third-order valence-electron chi connectivity index (χ3n) is 7.62. The van der Waals surface area contributed by atoms with Gasteiger partial charge >= 0.3 is 23.9 Å². The monoisotopic (exact) mass is 612 g/mol. The SMILES string of the molecule is O=C(O)CC[C@H](NC(=O)N[C@H](CCCCNC(=O)CCCCCCC(=O)NC1CCCCCCCCC1)C(=O)O)C(=O)O. The fraction of sp³-hybridized carbons (Fsp3) is 0.800. The number of urea groups is 1. The van der Waals surface area contributed by atoms with E-state index in [1.54, 1.807) is 0 Å². The minimum atomic E-state index is -1.46. The van der Waals surface area contributed by atoms with Crippen molar-refractivity contribution in [1.82, 2.24) is 21.3 Å². The van der Waals surface area contributed by atoms with Crippen LogP contribution < -0.4 is 21.3 Å². The van der Waals surface area contributed by atoms with Crippen LogP contribution in [0.1, 0.15) is 128 Å². The van der Waals surface area contributed by atoms with Crippen LogP contribution in [0, 0.1) is 0 Å². The van der Waals surface area contributed by atoms with Gasteiger partial charge in [0.1, 0.15) is 12.1 Å². The Morgan fingerprint density at radius 2 is 1.09 bits per heavy atom. The average Bonchev–Trinajstić information content (AvgIpc) is 2.95. The van der Waals surface area contributed by atoms with E-state index in [1.807, 2.05) is 0 Å². The van der Waals surface area contributed by atoms with E-state index in [0.717, 1.165) is 38.5 Å². The van der Waals surface area contributed by atoms with Gasteiger partial charge in [0.15, 0.2) is 0 Å². The van der Waals surface area contributed by atoms with Crippen molar-refractivity contribution >= 4 is 35.8 Å². The second kappa shape index (κ2) is 23.1. The Bertz CT molecular complexity index is 874. The Morgan fingerprint density at radius 3 is 1.63 bits per heavy atom. The zero-order chi connectivity index (χ0) is 31.9. The summed E-state index contributed by atoms with van der Waals surface area (Å²) in [6.45, 7) is 0.356. The van der Waals surface area contributed by atoms with Gasteiger partial charge in [0.25, 0.3) is 0 Å². The van der Waals surface area contributed by atoms with Gasteiger partial charge in [-0.3, -0.25) is 14.4 Å². The number of hydrogen-bond donors (Lipinski definition) is 7. The minimum Gasteiger partial charge on any atom is -0.481 e. The molecule has 1 fully saturated rings. The van der Waals surface area contributed by atoms with Crippen LogP contribution in [-0.4, -0.2) is 75.7 Å². The summed E-state index contributed by atoms with van der Waals surface area (Å²) < 4.78 is 0. The average molecular weight is 613 g/mol. The molecule has 0 heterocycles. The molecule has 4 amide bonds. The quantitative estimate of drug-likeness (QED) is 0.0998. The first-order valence-electron chi connectivity index (χ1n) is 15.9. The van der Waals surface area contributed by atoms with Crippen LogP contribution in [0.3, 0.4) is 0 Å². The van der Waals surface area contributed by atoms with Crippen molar-refractivity contribution in [1.29, 1.82) is 0 Å². The molecule has 0 spiro atoms. The number of amides is 4. The molecule has 0 saturated heterocycles. The molecule has 0 aromatic heterocycles. The van der Waals surface area contributed by atoms with Crippen LogP contribution in [0.2, 0.25) is 0 Å². The molecule has 13 heteroatoms. The van der Waals surface area contributed by atoms with Gasteiger partial charge in [0, 0.05) is 31.8 Å². The number of unbranched alkanes of at least 4 members (excludes halogenated alkanes) is 4. The lowest BCUT2D eigenvalue weighted by Crippen LogP contribution is -2.51. The second-order valence-electron chi connectivity index (χ2n) is 11.4. The summed E-state index contributed by atoms with van der Waals surface area (Å²) in [6, 6.07) is -3.44. The highest BCUT2D eigenvalue weighted by Gasteiger charge is 2.24. The minimum absolute atomic E-state index is 0.0693. The molecule has 0 radical (unpaired) electrons. The molecule has 1 saturated carbocycles. The Labute approximate surface area is 254 Å². The molecular weight excluding hydrogens is 560 g/mol. The molecule has 43 heavy (non-hydrogen) atoms. The van der Waals surface area contributed by atoms with E-state index in [9.17, 15) is 33.9 Å². The van der Waals surface area contributed by atoms with Gasteiger partial charge in [-0.2, -0.15) is 0 Å². The molecule has 0 aliphatic heterocycles. The summed E-state index contributed by atoms with van der Waals surface area (Å²) >= 11 is 0. The first-order chi connectivity index (χ1) is 20.6. The maximum atomic E-state index is 12.3. The van der Waals surface area contributed by atoms with Crippen molar-refractivity contribution in [3.63, 3.8) is 0 Å². The predicted octanol–water partition coefficient (Wildman–Crippen LogP) is 3.69. The number of carboxylic acid groups (broad SMARTS) is 3. The van der Waals surface area contributed by atoms with Crippen LogP contribution in [-0.2, 0) is 24.0 Å². The fourth-order valence-electron chi connectivity index (χ4n) is 5.11. The van der Waals surface area contributed by atoms with Crippen molar-refractivity contribution < 1.29 is 44.1 Å². The number of carbonyl (C=O) groups is 6. The highest BCUT2D eigenvalue weighted by atomic mass is 16.4. The standard InChI is InChI=1S/C30H52N4O9/c35-25(17-10-6-7-11-18-26(36)32-22-14-8-4-2-1-3-5-9-15-22)31-21-13-12-16-23(28(39)40)33-30(43)34-24(29(41)42)19-20-27(37)38/h22-24H,1-21H2,(H,31,35)(H,32,36)(H,37,38)(H,39,40)(H,41,42)(H2,33,34,43)/t23-,24+/m1/s1. The summed E-state index contributed by atoms with van der Waals surface area (Å²) in [7, 11) is 0. The molecule has 1 aliphatic carbocycles. The van der Waals surface area contributed by atoms with Crippen LogP contribution in [0.4, 0.5) is 4.79 Å². The van der Waals surface area contributed by atoms with E-state index in [4.69, 9.17) is 10.2 Å². The van der Waals surface area contributed by atoms with E-state index in [-0.39, 0.29) is 24.7 Å². The smallest absolute Gasteiger partial charge is 0.326 e. The molecule has 246 valence electrons. The summed E-state index contributed by atoms with van der Waals surface area (Å²) in [5.74, 6) is -3.90. The molecule has 7 N–H and O–H groups in total. The topological polar surface area (TPSA) is 211 Å². The van der Waals surface area contributed by atoms with E-state index in [1.165, 1.54) is 44.9 Å². The van der Waals surface area contributed by atoms with Gasteiger partial charge in [-0.25, -0.2) is 14.4 Å². The normalized spacial score (nSPS) is 15.8. The Hall–Kier alpha value is -3.38. The van der Waals surface area contributed by atoms with Gasteiger partial charge in [-0.05, 0) is 51.4 Å². The molecule has 0 unspecified atom stereocenters. The molecule has 13 nitrogen and oxygen atoms in total. The fourth-order valence-corrected chi connectivity index (χ4v) is 5.11. The van der Waals surface area contributed by atoms with E-state index in [0.29, 0.717) is 38.3 Å². The molecule has 1 rings (SSSR count). The van der Waals surface area contributed by atoms with E-state index < -0.39 is 42.4 Å². The van der Waals surface area contributed by atoms with Crippen LogP contribution in [0.25, 0.3) is 0 Å². The highest BCUT2D eigenvalue weighted by Crippen LogP contribution is 2.17. The number of hydrogen-bond acceptors (Lipinski definition) is 6. The van der Waals surface area contributed by atoms with Gasteiger partial charge in [0.2, 0.25) is 11.8 Å². The predicted molar refractivity (Wildman–Crippen MR) is 159 cm³/mol. The van der Waals surface area contributed by atoms with Crippen molar-refractivity contribution in [2.24, 2.45) is 0 Å². The molecule has 2 atom stereocenters. The lowest BCUT2D eigenvalue weighted by Gasteiger charge is -2.20. The van der Waals surface area contributed by atoms with Gasteiger partial charge in [-0.1, -0.05) is 57.8 Å². The van der Waals surface area contributed by atoms with Crippen molar-refractivity contribution in [2.45, 2.75) is 147 Å². The van der Waals surface area contributed by atoms with Crippen molar-refractivity contribution in [3.8, 4) is 0 Å². The van der Waals surface area contributed by atoms with Crippen LogP contribution in [0.15, 0.2) is 0 Å². The van der Waals surface area contributed by atoms with Crippen LogP contribution >= 0.6 is 0 Å². The lowest BCUT2D eigenvalue weighted by molar-refractivity contribution is -0.141. The van der Waals surface area contributed by atoms with Crippen molar-refractivity contribution in [2.75, 3.05) is 6.54 Å². The van der Waals surface area contributed by atoms with E-state index >= 15 is 0 Å². The Balaban J connectivity index is 2.14. The zero-order valence-electron chi connectivity index (χ0n) is 25.4. The summed E-state index contributed by atoms with van der Waals surface area (Å²) in [6.07, 6.45) is 15.2. The first-order valence-corrected chi connectivity index (χ1v) is 15.9. The molecule has 0 aromatic carbocycles. The van der Waals surface area contributed by atoms with Gasteiger partial charge in [-0.15, -0.1) is 0 Å². The molecular formula is C30H52N4O9. The zero-order valence-corrected chi connectivity index (χ0v) is 25.4. The van der Waals surface area contributed by atoms with E-state index in [2.05, 4.69) is 21.3 Å². The molecule has 0 bridgehead atoms. The lowest BCUT2D eigenvalue weighted by atomic mass is 9.97. The summed E-state index contributed by atoms with van der Waals surface area (Å²) in [4.78, 5) is 69.8. The number of aliphatic carboxylic acids is 3. The third-order valence-corrected chi connectivity index (χ3v) is 7.62. The third kappa shape index (κ3) is 20.2. The summed E-state index contributed by atoms with van der Waals surface area (Å²) in [5, 5.41) is 37.5. The highest BCUT2D eigenvalue weighted by molar-refractivity contribution is 5.86. The number of nitrogens with one attached hydrogen (secondary N) is 4.